The van der Waals surface area contributed by atoms with Crippen LogP contribution in [0.1, 0.15) is 13.2 Å². The second kappa shape index (κ2) is 13.0. The van der Waals surface area contributed by atoms with E-state index >= 15 is 0 Å². The third-order valence-electron chi connectivity index (χ3n) is 5.80. The monoisotopic (exact) mass is 621 g/mol. The van der Waals surface area contributed by atoms with E-state index in [1.807, 2.05) is 4.98 Å². The Bertz CT molecular complexity index is 1260. The molecule has 1 aromatic rings. The Labute approximate surface area is 224 Å². The third-order valence-corrected chi connectivity index (χ3v) is 8.40. The number of hydrogen-bond donors (Lipinski definition) is 8. The molecule has 0 bridgehead atoms. The smallest absolute Gasteiger partial charge is 0.394 e. The van der Waals surface area contributed by atoms with Crippen LogP contribution in [0.15, 0.2) is 21.9 Å². The van der Waals surface area contributed by atoms with E-state index in [4.69, 9.17) is 18.7 Å². The van der Waals surface area contributed by atoms with E-state index in [1.165, 1.54) is 0 Å². The largest absolute Gasteiger partial charge is 0.483 e. The third kappa shape index (κ3) is 7.69. The summed E-state index contributed by atoms with van der Waals surface area (Å²) in [6.45, 7) is -0.763. The maximum absolute atomic E-state index is 12.6. The number of nitrogens with zero attached hydrogens (tertiary/aromatic N) is 1. The molecule has 0 spiro atoms. The van der Waals surface area contributed by atoms with Gasteiger partial charge in [0.2, 0.25) is 5.91 Å². The summed E-state index contributed by atoms with van der Waals surface area (Å²) < 4.78 is 54.9. The van der Waals surface area contributed by atoms with Gasteiger partial charge in [0.25, 0.3) is 5.56 Å². The minimum atomic E-state index is -5.58. The summed E-state index contributed by atoms with van der Waals surface area (Å²) in [7, 11) is -9.95. The highest BCUT2D eigenvalue weighted by atomic mass is 31.3. The van der Waals surface area contributed by atoms with Gasteiger partial charge in [0, 0.05) is 26.3 Å². The molecule has 2 fully saturated rings. The van der Waals surface area contributed by atoms with Crippen molar-refractivity contribution in [1.82, 2.24) is 14.9 Å². The molecular weight excluding hydrogens is 592 g/mol. The number of rotatable bonds is 11. The second-order valence-electron chi connectivity index (χ2n) is 8.63. The van der Waals surface area contributed by atoms with Crippen molar-refractivity contribution in [1.29, 1.82) is 0 Å². The number of methoxy groups -OCH3 is 1. The van der Waals surface area contributed by atoms with Crippen LogP contribution in [0.2, 0.25) is 0 Å². The summed E-state index contributed by atoms with van der Waals surface area (Å²) in [4.78, 5) is 56.8. The van der Waals surface area contributed by atoms with Crippen LogP contribution in [-0.2, 0) is 41.5 Å². The van der Waals surface area contributed by atoms with Gasteiger partial charge in [-0.25, -0.2) is 13.9 Å². The number of aliphatic hydroxyl groups is 4. The molecular formula is C18H29N3O17P2. The molecule has 2 saturated heterocycles. The number of phosphoric ester groups is 2. The SMILES string of the molecule is CO[C@H]1[C@H](O)[C@@H](CO)O[C@H](OP(=O)(O)OP(=O)(O)OC[C@H]2O[C@@H](n3ccc(=O)[nH]c3=O)[C@H](O)[C@@H]2O)[C@@H]1NC(C)=O. The first-order valence-corrected chi connectivity index (χ1v) is 14.4. The first-order chi connectivity index (χ1) is 18.6. The molecule has 2 aliphatic heterocycles. The minimum absolute atomic E-state index is 0.705. The number of carbonyl (C=O) groups is 1. The number of ether oxygens (including phenoxy) is 3. The molecule has 2 aliphatic rings. The Hall–Kier alpha value is -1.87. The molecule has 228 valence electrons. The first-order valence-electron chi connectivity index (χ1n) is 11.4. The van der Waals surface area contributed by atoms with Gasteiger partial charge in [-0.05, 0) is 0 Å². The van der Waals surface area contributed by atoms with Gasteiger partial charge < -0.3 is 49.7 Å². The molecule has 1 aromatic heterocycles. The van der Waals surface area contributed by atoms with Crippen molar-refractivity contribution in [3.63, 3.8) is 0 Å². The quantitative estimate of drug-likeness (QED) is 0.109. The maximum Gasteiger partial charge on any atom is 0.483 e. The zero-order valence-electron chi connectivity index (χ0n) is 20.8. The van der Waals surface area contributed by atoms with Crippen molar-refractivity contribution in [3.8, 4) is 0 Å². The molecule has 20 nitrogen and oxygen atoms in total. The molecule has 0 aliphatic carbocycles. The normalized spacial score (nSPS) is 35.5. The van der Waals surface area contributed by atoms with Crippen LogP contribution < -0.4 is 16.6 Å². The number of aliphatic hydroxyl groups excluding tert-OH is 4. The topological polar surface area (TPSA) is 295 Å². The van der Waals surface area contributed by atoms with Crippen LogP contribution in [0, 0.1) is 0 Å². The molecule has 3 rings (SSSR count). The lowest BCUT2D eigenvalue weighted by molar-refractivity contribution is -0.252. The van der Waals surface area contributed by atoms with Crippen molar-refractivity contribution in [2.75, 3.05) is 20.3 Å². The van der Waals surface area contributed by atoms with Gasteiger partial charge in [0.1, 0.15) is 42.7 Å². The van der Waals surface area contributed by atoms with E-state index in [0.717, 1.165) is 30.9 Å². The standard InChI is InChI=1S/C18H29N3O17P2/c1-7(23)19-11-15(33-2)13(26)8(5-22)36-17(11)37-40(31,32)38-39(29,30)34-6-9-12(25)14(27)16(35-9)21-4-3-10(24)20-18(21)28/h3-4,8-9,11-17,22,25-27H,5-6H2,1-2H3,(H,19,23)(H,29,30)(H,31,32)(H,20,24,28)/t8-,9-,11-,12-,13-,14-,15-,16-,17-/m1/s1. The van der Waals surface area contributed by atoms with Crippen molar-refractivity contribution in [2.45, 2.75) is 62.1 Å². The predicted octanol–water partition coefficient (Wildman–Crippen LogP) is -4.00. The summed E-state index contributed by atoms with van der Waals surface area (Å²) in [5.41, 5.74) is -1.74. The fraction of sp³-hybridized carbons (Fsp3) is 0.722. The van der Waals surface area contributed by atoms with Gasteiger partial charge >= 0.3 is 21.3 Å². The van der Waals surface area contributed by atoms with Crippen LogP contribution in [0.25, 0.3) is 0 Å². The van der Waals surface area contributed by atoms with Gasteiger partial charge in [0.05, 0.1) is 13.2 Å². The number of hydrogen-bond acceptors (Lipinski definition) is 15. The van der Waals surface area contributed by atoms with E-state index in [-0.39, 0.29) is 0 Å². The van der Waals surface area contributed by atoms with Crippen molar-refractivity contribution in [2.24, 2.45) is 0 Å². The summed E-state index contributed by atoms with van der Waals surface area (Å²) in [5, 5.41) is 42.4. The summed E-state index contributed by atoms with van der Waals surface area (Å²) in [6, 6.07) is -0.521. The average Bonchev–Trinajstić information content (AvgIpc) is 3.12. The molecule has 40 heavy (non-hydrogen) atoms. The summed E-state index contributed by atoms with van der Waals surface area (Å²) in [5.74, 6) is -0.705. The molecule has 22 heteroatoms. The van der Waals surface area contributed by atoms with Crippen molar-refractivity contribution < 1.29 is 71.7 Å². The number of phosphoric acid groups is 2. The Balaban J connectivity index is 1.67. The van der Waals surface area contributed by atoms with Crippen LogP contribution >= 0.6 is 15.6 Å². The number of aromatic nitrogens is 2. The van der Waals surface area contributed by atoms with E-state index in [0.29, 0.717) is 0 Å². The van der Waals surface area contributed by atoms with Crippen molar-refractivity contribution >= 4 is 21.6 Å². The Morgan fingerprint density at radius 2 is 1.77 bits per heavy atom. The van der Waals surface area contributed by atoms with E-state index < -0.39 is 101 Å². The fourth-order valence-electron chi connectivity index (χ4n) is 4.03. The summed E-state index contributed by atoms with van der Waals surface area (Å²) in [6.07, 6.45) is -11.9. The summed E-state index contributed by atoms with van der Waals surface area (Å²) >= 11 is 0. The van der Waals surface area contributed by atoms with Gasteiger partial charge in [-0.15, -0.1) is 0 Å². The van der Waals surface area contributed by atoms with E-state index in [9.17, 15) is 53.7 Å². The molecule has 8 N–H and O–H groups in total. The van der Waals surface area contributed by atoms with Gasteiger partial charge in [-0.1, -0.05) is 0 Å². The lowest BCUT2D eigenvalue weighted by atomic mass is 9.97. The highest BCUT2D eigenvalue weighted by molar-refractivity contribution is 7.61. The highest BCUT2D eigenvalue weighted by Gasteiger charge is 2.51. The van der Waals surface area contributed by atoms with Gasteiger partial charge in [-0.3, -0.25) is 28.2 Å². The highest BCUT2D eigenvalue weighted by Crippen LogP contribution is 2.61. The molecule has 11 atom stereocenters. The minimum Gasteiger partial charge on any atom is -0.394 e. The molecule has 2 unspecified atom stereocenters. The molecule has 0 saturated carbocycles. The molecule has 3 heterocycles. The number of aromatic amines is 1. The van der Waals surface area contributed by atoms with Gasteiger partial charge in [0.15, 0.2) is 12.5 Å². The van der Waals surface area contributed by atoms with Gasteiger partial charge in [-0.2, -0.15) is 4.31 Å². The lowest BCUT2D eigenvalue weighted by Gasteiger charge is -2.43. The number of H-pyrrole nitrogens is 1. The zero-order chi connectivity index (χ0) is 30.0. The molecule has 0 radical (unpaired) electrons. The van der Waals surface area contributed by atoms with Crippen LogP contribution in [0.4, 0.5) is 0 Å². The van der Waals surface area contributed by atoms with Crippen LogP contribution in [0.5, 0.6) is 0 Å². The average molecular weight is 621 g/mol. The van der Waals surface area contributed by atoms with E-state index in [1.54, 1.807) is 0 Å². The van der Waals surface area contributed by atoms with Crippen LogP contribution in [0.3, 0.4) is 0 Å². The number of amides is 1. The van der Waals surface area contributed by atoms with Crippen molar-refractivity contribution in [3.05, 3.63) is 33.1 Å². The molecule has 1 amide bonds. The Morgan fingerprint density at radius 1 is 1.10 bits per heavy atom. The zero-order valence-corrected chi connectivity index (χ0v) is 22.6. The maximum atomic E-state index is 12.6. The number of nitrogens with one attached hydrogen (secondary N) is 2. The van der Waals surface area contributed by atoms with Crippen LogP contribution in [-0.4, -0.2) is 115 Å². The Morgan fingerprint density at radius 3 is 2.35 bits per heavy atom. The predicted molar refractivity (Wildman–Crippen MR) is 125 cm³/mol. The second-order valence-corrected chi connectivity index (χ2v) is 11.6. The first kappa shape index (κ1) is 32.6. The fourth-order valence-corrected chi connectivity index (χ4v) is 6.19. The molecule has 0 aromatic carbocycles. The number of carbonyl (C=O) groups excluding carboxylic acids is 1. The Kier molecular flexibility index (Phi) is 10.6. The van der Waals surface area contributed by atoms with E-state index in [2.05, 4.69) is 14.2 Å². The lowest BCUT2D eigenvalue weighted by Crippen LogP contribution is -2.64.